The summed E-state index contributed by atoms with van der Waals surface area (Å²) in [5.41, 5.74) is 2.57. The van der Waals surface area contributed by atoms with Gasteiger partial charge in [0.2, 0.25) is 5.78 Å². The highest BCUT2D eigenvalue weighted by molar-refractivity contribution is 6.46. The van der Waals surface area contributed by atoms with Crippen LogP contribution in [0.2, 0.25) is 0 Å². The molecule has 0 spiro atoms. The minimum atomic E-state index is -0.503. The normalized spacial score (nSPS) is 20.1. The van der Waals surface area contributed by atoms with Gasteiger partial charge in [-0.25, -0.2) is 0 Å². The summed E-state index contributed by atoms with van der Waals surface area (Å²) in [5, 5.41) is 0. The second-order valence-electron chi connectivity index (χ2n) is 6.12. The SMILES string of the molecule is O=C1C(=O)N(c2ccccc2)[C@H](c2ccccc2)[C@@H]1c1ccccc1. The van der Waals surface area contributed by atoms with Crippen molar-refractivity contribution in [2.75, 3.05) is 4.90 Å². The van der Waals surface area contributed by atoms with Crippen LogP contribution in [0.1, 0.15) is 23.1 Å². The smallest absolute Gasteiger partial charge is 0.295 e. The van der Waals surface area contributed by atoms with Gasteiger partial charge < -0.3 is 0 Å². The van der Waals surface area contributed by atoms with Crippen LogP contribution in [-0.4, -0.2) is 11.7 Å². The van der Waals surface area contributed by atoms with Crippen molar-refractivity contribution in [1.82, 2.24) is 0 Å². The van der Waals surface area contributed by atoms with Crippen LogP contribution in [0.4, 0.5) is 5.69 Å². The number of benzene rings is 3. The Morgan fingerprint density at radius 1 is 0.600 bits per heavy atom. The number of carbonyl (C=O) groups excluding carboxylic acids is 2. The van der Waals surface area contributed by atoms with Gasteiger partial charge in [0.05, 0.1) is 12.0 Å². The Bertz CT molecular complexity index is 834. The number of rotatable bonds is 3. The molecule has 1 fully saturated rings. The molecule has 0 aliphatic carbocycles. The number of hydrogen-bond donors (Lipinski definition) is 0. The van der Waals surface area contributed by atoms with E-state index in [0.29, 0.717) is 0 Å². The third-order valence-corrected chi connectivity index (χ3v) is 4.64. The Labute approximate surface area is 146 Å². The molecule has 0 saturated carbocycles. The Kier molecular flexibility index (Phi) is 3.90. The molecule has 0 aromatic heterocycles. The molecular formula is C22H17NO2. The number of carbonyl (C=O) groups is 2. The van der Waals surface area contributed by atoms with Gasteiger partial charge in [-0.2, -0.15) is 0 Å². The Morgan fingerprint density at radius 2 is 1.08 bits per heavy atom. The van der Waals surface area contributed by atoms with Crippen molar-refractivity contribution in [1.29, 1.82) is 0 Å². The molecule has 4 rings (SSSR count). The number of nitrogens with zero attached hydrogens (tertiary/aromatic N) is 1. The van der Waals surface area contributed by atoms with Crippen LogP contribution in [0, 0.1) is 0 Å². The van der Waals surface area contributed by atoms with Gasteiger partial charge in [-0.05, 0) is 23.3 Å². The van der Waals surface area contributed by atoms with Crippen LogP contribution in [0.5, 0.6) is 0 Å². The highest BCUT2D eigenvalue weighted by atomic mass is 16.2. The first-order chi connectivity index (χ1) is 12.3. The molecule has 1 heterocycles. The van der Waals surface area contributed by atoms with E-state index in [1.165, 1.54) is 0 Å². The van der Waals surface area contributed by atoms with Gasteiger partial charge in [-0.15, -0.1) is 0 Å². The van der Waals surface area contributed by atoms with Gasteiger partial charge in [0.25, 0.3) is 5.91 Å². The number of amides is 1. The molecule has 25 heavy (non-hydrogen) atoms. The highest BCUT2D eigenvalue weighted by Gasteiger charge is 2.49. The first-order valence-corrected chi connectivity index (χ1v) is 8.30. The minimum Gasteiger partial charge on any atom is -0.297 e. The molecule has 3 aromatic rings. The molecule has 1 aliphatic rings. The van der Waals surface area contributed by atoms with E-state index in [1.807, 2.05) is 91.0 Å². The fourth-order valence-electron chi connectivity index (χ4n) is 3.52. The van der Waals surface area contributed by atoms with Crippen molar-refractivity contribution in [2.24, 2.45) is 0 Å². The van der Waals surface area contributed by atoms with Gasteiger partial charge in [-0.1, -0.05) is 78.9 Å². The molecule has 3 aromatic carbocycles. The number of para-hydroxylation sites is 1. The summed E-state index contributed by atoms with van der Waals surface area (Å²) in [6, 6.07) is 28.4. The molecule has 1 aliphatic heterocycles. The fraction of sp³-hybridized carbons (Fsp3) is 0.0909. The summed E-state index contributed by atoms with van der Waals surface area (Å²) in [6.07, 6.45) is 0. The third-order valence-electron chi connectivity index (χ3n) is 4.64. The number of hydrogen-bond acceptors (Lipinski definition) is 2. The van der Waals surface area contributed by atoms with Crippen molar-refractivity contribution in [3.8, 4) is 0 Å². The first kappa shape index (κ1) is 15.3. The number of anilines is 1. The third kappa shape index (κ3) is 2.64. The number of ketones is 1. The lowest BCUT2D eigenvalue weighted by Gasteiger charge is -2.28. The zero-order chi connectivity index (χ0) is 17.2. The fourth-order valence-corrected chi connectivity index (χ4v) is 3.52. The lowest BCUT2D eigenvalue weighted by molar-refractivity contribution is -0.134. The van der Waals surface area contributed by atoms with Crippen molar-refractivity contribution in [3.63, 3.8) is 0 Å². The molecule has 0 unspecified atom stereocenters. The predicted octanol–water partition coefficient (Wildman–Crippen LogP) is 4.13. The quantitative estimate of drug-likeness (QED) is 0.678. The van der Waals surface area contributed by atoms with Crippen LogP contribution < -0.4 is 4.90 Å². The van der Waals surface area contributed by atoms with E-state index < -0.39 is 11.8 Å². The van der Waals surface area contributed by atoms with Crippen LogP contribution >= 0.6 is 0 Å². The van der Waals surface area contributed by atoms with E-state index >= 15 is 0 Å². The summed E-state index contributed by atoms with van der Waals surface area (Å²) < 4.78 is 0. The van der Waals surface area contributed by atoms with Gasteiger partial charge >= 0.3 is 0 Å². The zero-order valence-corrected chi connectivity index (χ0v) is 13.6. The molecule has 0 N–H and O–H groups in total. The van der Waals surface area contributed by atoms with Gasteiger partial charge in [0.15, 0.2) is 0 Å². The van der Waals surface area contributed by atoms with E-state index in [2.05, 4.69) is 0 Å². The summed E-state index contributed by atoms with van der Waals surface area (Å²) in [4.78, 5) is 27.4. The maximum absolute atomic E-state index is 12.9. The maximum Gasteiger partial charge on any atom is 0.295 e. The maximum atomic E-state index is 12.9. The first-order valence-electron chi connectivity index (χ1n) is 8.30. The molecule has 0 radical (unpaired) electrons. The lowest BCUT2D eigenvalue weighted by Crippen LogP contribution is -2.29. The molecule has 3 nitrogen and oxygen atoms in total. The Morgan fingerprint density at radius 3 is 1.64 bits per heavy atom. The molecule has 2 atom stereocenters. The van der Waals surface area contributed by atoms with Gasteiger partial charge in [-0.3, -0.25) is 14.5 Å². The van der Waals surface area contributed by atoms with Crippen molar-refractivity contribution < 1.29 is 9.59 Å². The minimum absolute atomic E-state index is 0.342. The van der Waals surface area contributed by atoms with E-state index in [4.69, 9.17) is 0 Å². The average molecular weight is 327 g/mol. The van der Waals surface area contributed by atoms with Crippen molar-refractivity contribution in [2.45, 2.75) is 12.0 Å². The highest BCUT2D eigenvalue weighted by Crippen LogP contribution is 2.44. The summed E-state index contributed by atoms with van der Waals surface area (Å²) in [7, 11) is 0. The zero-order valence-electron chi connectivity index (χ0n) is 13.6. The van der Waals surface area contributed by atoms with Gasteiger partial charge in [0, 0.05) is 5.69 Å². The lowest BCUT2D eigenvalue weighted by atomic mass is 9.87. The summed E-state index contributed by atoms with van der Waals surface area (Å²) >= 11 is 0. The Hall–Kier alpha value is -3.20. The van der Waals surface area contributed by atoms with Crippen LogP contribution in [0.25, 0.3) is 0 Å². The van der Waals surface area contributed by atoms with E-state index in [-0.39, 0.29) is 11.8 Å². The average Bonchev–Trinajstić information content (AvgIpc) is 2.95. The summed E-state index contributed by atoms with van der Waals surface area (Å²) in [6.45, 7) is 0. The topological polar surface area (TPSA) is 37.4 Å². The largest absolute Gasteiger partial charge is 0.297 e. The van der Waals surface area contributed by atoms with E-state index in [1.54, 1.807) is 4.90 Å². The van der Waals surface area contributed by atoms with Crippen LogP contribution in [0.3, 0.4) is 0 Å². The Balaban J connectivity index is 1.89. The van der Waals surface area contributed by atoms with Crippen molar-refractivity contribution >= 4 is 17.4 Å². The molecule has 1 amide bonds. The second-order valence-corrected chi connectivity index (χ2v) is 6.12. The van der Waals surface area contributed by atoms with E-state index in [9.17, 15) is 9.59 Å². The van der Waals surface area contributed by atoms with Gasteiger partial charge in [0.1, 0.15) is 0 Å². The van der Waals surface area contributed by atoms with Crippen molar-refractivity contribution in [3.05, 3.63) is 102 Å². The molecule has 0 bridgehead atoms. The molecule has 1 saturated heterocycles. The molecule has 3 heteroatoms. The van der Waals surface area contributed by atoms with E-state index in [0.717, 1.165) is 16.8 Å². The standard InChI is InChI=1S/C22H17NO2/c24-21-19(16-10-4-1-5-11-16)20(17-12-6-2-7-13-17)23(22(21)25)18-14-8-3-9-15-18/h1-15,19-20H/t19-,20+/m0/s1. The monoisotopic (exact) mass is 327 g/mol. The second kappa shape index (κ2) is 6.36. The molecular weight excluding hydrogens is 310 g/mol. The summed E-state index contributed by atoms with van der Waals surface area (Å²) in [5.74, 6) is -1.31. The van der Waals surface area contributed by atoms with Crippen LogP contribution in [-0.2, 0) is 9.59 Å². The van der Waals surface area contributed by atoms with Crippen LogP contribution in [0.15, 0.2) is 91.0 Å². The number of Topliss-reactive ketones (excluding diaryl/α,β-unsaturated/α-hetero) is 1. The predicted molar refractivity (Wildman–Crippen MR) is 97.3 cm³/mol. The molecule has 122 valence electrons.